The quantitative estimate of drug-likeness (QED) is 0.930. The number of amides is 1. The van der Waals surface area contributed by atoms with E-state index in [4.69, 9.17) is 4.74 Å². The Morgan fingerprint density at radius 3 is 2.81 bits per heavy atom. The van der Waals surface area contributed by atoms with Crippen LogP contribution in [0.1, 0.15) is 44.8 Å². The number of hydrogen-bond donors (Lipinski definition) is 1. The number of carbonyl (C=O) groups is 1. The summed E-state index contributed by atoms with van der Waals surface area (Å²) in [5.74, 6) is 0.561. The molecule has 4 nitrogen and oxygen atoms in total. The van der Waals surface area contributed by atoms with Gasteiger partial charge in [-0.25, -0.2) is 0 Å². The molecule has 0 radical (unpaired) electrons. The predicted molar refractivity (Wildman–Crippen MR) is 84.1 cm³/mol. The molecular formula is C16H24N2O2S. The summed E-state index contributed by atoms with van der Waals surface area (Å²) < 4.78 is 5.48. The molecule has 1 aromatic heterocycles. The summed E-state index contributed by atoms with van der Waals surface area (Å²) in [6.07, 6.45) is 3.36. The van der Waals surface area contributed by atoms with Gasteiger partial charge in [0.25, 0.3) is 0 Å². The number of carbonyl (C=O) groups excluding carboxylic acids is 1. The van der Waals surface area contributed by atoms with Crippen LogP contribution in [0.25, 0.3) is 0 Å². The largest absolute Gasteiger partial charge is 0.381 e. The molecule has 1 N–H and O–H groups in total. The molecule has 0 bridgehead atoms. The van der Waals surface area contributed by atoms with Gasteiger partial charge in [0, 0.05) is 13.2 Å². The van der Waals surface area contributed by atoms with Crippen molar-refractivity contribution in [1.29, 1.82) is 0 Å². The summed E-state index contributed by atoms with van der Waals surface area (Å²) in [6.45, 7) is 4.21. The maximum atomic E-state index is 12.9. The first-order valence-electron chi connectivity index (χ1n) is 7.75. The Morgan fingerprint density at radius 1 is 1.43 bits per heavy atom. The molecule has 116 valence electrons. The predicted octanol–water partition coefficient (Wildman–Crippen LogP) is 2.77. The number of thiophene rings is 1. The highest BCUT2D eigenvalue weighted by Gasteiger charge is 2.46. The van der Waals surface area contributed by atoms with Gasteiger partial charge in [0.1, 0.15) is 6.17 Å². The molecular weight excluding hydrogens is 284 g/mol. The SMILES string of the molecule is COC1CCC(N2C(=O)C(C(C)C)NC2c2ccsc2)C1. The standard InChI is InChI=1S/C16H24N2O2S/c1-10(2)14-16(19)18(12-4-5-13(8-12)20-3)15(17-14)11-6-7-21-9-11/h6-7,9-10,12-15,17H,4-5,8H2,1-3H3. The second-order valence-electron chi connectivity index (χ2n) is 6.42. The summed E-state index contributed by atoms with van der Waals surface area (Å²) >= 11 is 1.68. The van der Waals surface area contributed by atoms with E-state index >= 15 is 0 Å². The van der Waals surface area contributed by atoms with E-state index in [9.17, 15) is 4.79 Å². The molecule has 1 saturated heterocycles. The van der Waals surface area contributed by atoms with E-state index in [1.807, 2.05) is 0 Å². The van der Waals surface area contributed by atoms with E-state index in [0.29, 0.717) is 18.1 Å². The van der Waals surface area contributed by atoms with Crippen LogP contribution < -0.4 is 5.32 Å². The van der Waals surface area contributed by atoms with E-state index in [2.05, 4.69) is 40.9 Å². The molecule has 1 amide bonds. The zero-order valence-electron chi connectivity index (χ0n) is 12.9. The van der Waals surface area contributed by atoms with Crippen LogP contribution in [-0.2, 0) is 9.53 Å². The van der Waals surface area contributed by atoms with Crippen LogP contribution in [0.15, 0.2) is 16.8 Å². The minimum Gasteiger partial charge on any atom is -0.381 e. The lowest BCUT2D eigenvalue weighted by Gasteiger charge is -2.30. The number of nitrogens with zero attached hydrogens (tertiary/aromatic N) is 1. The number of methoxy groups -OCH3 is 1. The van der Waals surface area contributed by atoms with Crippen molar-refractivity contribution in [2.45, 2.75) is 57.5 Å². The zero-order chi connectivity index (χ0) is 15.0. The molecule has 4 unspecified atom stereocenters. The lowest BCUT2D eigenvalue weighted by molar-refractivity contribution is -0.133. The van der Waals surface area contributed by atoms with Crippen molar-refractivity contribution in [1.82, 2.24) is 10.2 Å². The van der Waals surface area contributed by atoms with E-state index in [1.165, 1.54) is 5.56 Å². The highest BCUT2D eigenvalue weighted by atomic mass is 32.1. The average molecular weight is 308 g/mol. The summed E-state index contributed by atoms with van der Waals surface area (Å²) in [5.41, 5.74) is 1.21. The first-order valence-corrected chi connectivity index (χ1v) is 8.69. The maximum absolute atomic E-state index is 12.9. The minimum absolute atomic E-state index is 0.0248. The van der Waals surface area contributed by atoms with Gasteiger partial charge in [-0.1, -0.05) is 13.8 Å². The minimum atomic E-state index is -0.0727. The summed E-state index contributed by atoms with van der Waals surface area (Å²) in [6, 6.07) is 2.34. The fourth-order valence-corrected chi connectivity index (χ4v) is 4.23. The van der Waals surface area contributed by atoms with E-state index in [1.54, 1.807) is 18.4 Å². The molecule has 0 spiro atoms. The number of rotatable bonds is 4. The Morgan fingerprint density at radius 2 is 2.24 bits per heavy atom. The molecule has 2 heterocycles. The molecule has 1 aromatic rings. The van der Waals surface area contributed by atoms with Gasteiger partial charge in [-0.15, -0.1) is 0 Å². The summed E-state index contributed by atoms with van der Waals surface area (Å²) in [4.78, 5) is 14.9. The average Bonchev–Trinajstić information content (AvgIpc) is 3.16. The Kier molecular flexibility index (Phi) is 4.33. The van der Waals surface area contributed by atoms with Gasteiger partial charge in [0.2, 0.25) is 5.91 Å². The molecule has 1 aliphatic heterocycles. The maximum Gasteiger partial charge on any atom is 0.241 e. The Labute approximate surface area is 130 Å². The van der Waals surface area contributed by atoms with E-state index in [0.717, 1.165) is 19.3 Å². The van der Waals surface area contributed by atoms with Crippen molar-refractivity contribution in [3.8, 4) is 0 Å². The van der Waals surface area contributed by atoms with E-state index < -0.39 is 0 Å². The first kappa shape index (κ1) is 15.0. The second kappa shape index (κ2) is 6.07. The molecule has 3 rings (SSSR count). The Balaban J connectivity index is 1.85. The molecule has 4 atom stereocenters. The number of nitrogens with one attached hydrogen (secondary N) is 1. The highest BCUT2D eigenvalue weighted by molar-refractivity contribution is 7.07. The van der Waals surface area contributed by atoms with Crippen LogP contribution in [0.5, 0.6) is 0 Å². The van der Waals surface area contributed by atoms with Gasteiger partial charge in [0.15, 0.2) is 0 Å². The van der Waals surface area contributed by atoms with Crippen molar-refractivity contribution in [2.24, 2.45) is 5.92 Å². The van der Waals surface area contributed by atoms with Crippen LogP contribution in [0, 0.1) is 5.92 Å². The Bertz CT molecular complexity index is 488. The van der Waals surface area contributed by atoms with Gasteiger partial charge < -0.3 is 9.64 Å². The van der Waals surface area contributed by atoms with Crippen LogP contribution in [0.4, 0.5) is 0 Å². The topological polar surface area (TPSA) is 41.6 Å². The molecule has 2 aliphatic rings. The van der Waals surface area contributed by atoms with Crippen LogP contribution in [0.3, 0.4) is 0 Å². The third kappa shape index (κ3) is 2.74. The second-order valence-corrected chi connectivity index (χ2v) is 7.20. The third-order valence-electron chi connectivity index (χ3n) is 4.75. The van der Waals surface area contributed by atoms with Crippen LogP contribution in [0.2, 0.25) is 0 Å². The van der Waals surface area contributed by atoms with E-state index in [-0.39, 0.29) is 18.1 Å². The van der Waals surface area contributed by atoms with Gasteiger partial charge in [-0.3, -0.25) is 10.1 Å². The highest BCUT2D eigenvalue weighted by Crippen LogP contribution is 2.36. The molecule has 21 heavy (non-hydrogen) atoms. The van der Waals surface area contributed by atoms with Crippen molar-refractivity contribution < 1.29 is 9.53 Å². The Hall–Kier alpha value is -0.910. The van der Waals surface area contributed by atoms with Crippen molar-refractivity contribution in [2.75, 3.05) is 7.11 Å². The molecule has 1 aliphatic carbocycles. The van der Waals surface area contributed by atoms with Crippen LogP contribution in [-0.4, -0.2) is 36.1 Å². The van der Waals surface area contributed by atoms with Crippen molar-refractivity contribution in [3.63, 3.8) is 0 Å². The van der Waals surface area contributed by atoms with Crippen molar-refractivity contribution in [3.05, 3.63) is 22.4 Å². The summed E-state index contributed by atoms with van der Waals surface area (Å²) in [7, 11) is 1.77. The molecule has 2 fully saturated rings. The van der Waals surface area contributed by atoms with Gasteiger partial charge in [-0.2, -0.15) is 11.3 Å². The molecule has 5 heteroatoms. The van der Waals surface area contributed by atoms with Crippen molar-refractivity contribution >= 4 is 17.2 Å². The lowest BCUT2D eigenvalue weighted by atomic mass is 10.0. The zero-order valence-corrected chi connectivity index (χ0v) is 13.7. The molecule has 0 aromatic carbocycles. The monoisotopic (exact) mass is 308 g/mol. The third-order valence-corrected chi connectivity index (χ3v) is 5.45. The van der Waals surface area contributed by atoms with Gasteiger partial charge >= 0.3 is 0 Å². The van der Waals surface area contributed by atoms with Gasteiger partial charge in [0.05, 0.1) is 12.1 Å². The normalized spacial score (nSPS) is 33.3. The lowest BCUT2D eigenvalue weighted by Crippen LogP contribution is -2.39. The fraction of sp³-hybridized carbons (Fsp3) is 0.688. The molecule has 1 saturated carbocycles. The van der Waals surface area contributed by atoms with Gasteiger partial charge in [-0.05, 0) is 47.6 Å². The van der Waals surface area contributed by atoms with Crippen LogP contribution >= 0.6 is 11.3 Å². The number of hydrogen-bond acceptors (Lipinski definition) is 4. The first-order chi connectivity index (χ1) is 10.1. The summed E-state index contributed by atoms with van der Waals surface area (Å²) in [5, 5.41) is 7.77. The fourth-order valence-electron chi connectivity index (χ4n) is 3.55. The number of ether oxygens (including phenoxy) is 1. The smallest absolute Gasteiger partial charge is 0.241 e.